The van der Waals surface area contributed by atoms with Crippen molar-refractivity contribution in [2.45, 2.75) is 39.8 Å². The van der Waals surface area contributed by atoms with Gasteiger partial charge >= 0.3 is 6.03 Å². The molecule has 0 unspecified atom stereocenters. The van der Waals surface area contributed by atoms with Crippen LogP contribution in [0.1, 0.15) is 41.1 Å². The lowest BCUT2D eigenvalue weighted by Gasteiger charge is -2.30. The van der Waals surface area contributed by atoms with Gasteiger partial charge in [-0.15, -0.1) is 0 Å². The van der Waals surface area contributed by atoms with Crippen LogP contribution in [0.3, 0.4) is 0 Å². The van der Waals surface area contributed by atoms with Gasteiger partial charge in [-0.2, -0.15) is 0 Å². The van der Waals surface area contributed by atoms with Gasteiger partial charge in [-0.05, 0) is 44.4 Å². The fourth-order valence-corrected chi connectivity index (χ4v) is 3.24. The highest BCUT2D eigenvalue weighted by Crippen LogP contribution is 2.25. The molecule has 1 N–H and O–H groups in total. The largest absolute Gasteiger partial charge is 0.361 e. The molecule has 1 aliphatic rings. The molecule has 0 radical (unpaired) electrons. The van der Waals surface area contributed by atoms with Gasteiger partial charge in [0.15, 0.2) is 0 Å². The minimum absolute atomic E-state index is 0.185. The van der Waals surface area contributed by atoms with E-state index in [4.69, 9.17) is 4.52 Å². The van der Waals surface area contributed by atoms with E-state index in [-0.39, 0.29) is 18.6 Å². The second-order valence-corrected chi connectivity index (χ2v) is 6.11. The number of nitrogens with zero attached hydrogens (tertiary/aromatic N) is 2. The molecule has 0 saturated carbocycles. The number of urea groups is 1. The molecular formula is C17H19F2N3O2. The van der Waals surface area contributed by atoms with Crippen LogP contribution in [-0.4, -0.2) is 22.6 Å². The normalized spacial score (nSPS) is 15.1. The quantitative estimate of drug-likeness (QED) is 0.915. The van der Waals surface area contributed by atoms with Crippen LogP contribution in [-0.2, 0) is 13.0 Å². The third-order valence-electron chi connectivity index (χ3n) is 4.39. The second kappa shape index (κ2) is 6.22. The van der Waals surface area contributed by atoms with Crippen LogP contribution < -0.4 is 5.32 Å². The molecule has 7 heteroatoms. The number of fused-ring (bicyclic) bond motifs is 1. The Kier molecular flexibility index (Phi) is 4.26. The van der Waals surface area contributed by atoms with Gasteiger partial charge < -0.3 is 14.7 Å². The number of carbonyl (C=O) groups is 1. The molecule has 128 valence electrons. The number of carbonyl (C=O) groups excluding carboxylic acids is 1. The zero-order chi connectivity index (χ0) is 17.4. The molecule has 2 aromatic rings. The van der Waals surface area contributed by atoms with Crippen molar-refractivity contribution in [2.24, 2.45) is 0 Å². The number of hydrogen-bond acceptors (Lipinski definition) is 3. The van der Waals surface area contributed by atoms with Crippen LogP contribution >= 0.6 is 0 Å². The first-order chi connectivity index (χ1) is 11.4. The average Bonchev–Trinajstić information content (AvgIpc) is 2.85. The molecule has 0 bridgehead atoms. The van der Waals surface area contributed by atoms with Gasteiger partial charge in [0.25, 0.3) is 0 Å². The van der Waals surface area contributed by atoms with Gasteiger partial charge in [0.05, 0.1) is 11.7 Å². The van der Waals surface area contributed by atoms with Crippen molar-refractivity contribution < 1.29 is 18.1 Å². The second-order valence-electron chi connectivity index (χ2n) is 6.11. The van der Waals surface area contributed by atoms with E-state index >= 15 is 0 Å². The predicted molar refractivity (Wildman–Crippen MR) is 83.4 cm³/mol. The summed E-state index contributed by atoms with van der Waals surface area (Å²) < 4.78 is 32.3. The molecule has 2 amide bonds. The van der Waals surface area contributed by atoms with E-state index in [9.17, 15) is 13.6 Å². The first kappa shape index (κ1) is 16.4. The fourth-order valence-electron chi connectivity index (χ4n) is 3.24. The maximum atomic E-state index is 13.8. The number of hydrogen-bond donors (Lipinski definition) is 1. The maximum Gasteiger partial charge on any atom is 0.318 e. The number of rotatable bonds is 2. The highest BCUT2D eigenvalue weighted by Gasteiger charge is 2.26. The van der Waals surface area contributed by atoms with Crippen LogP contribution in [0, 0.1) is 25.5 Å². The van der Waals surface area contributed by atoms with E-state index in [0.717, 1.165) is 17.3 Å². The topological polar surface area (TPSA) is 58.4 Å². The summed E-state index contributed by atoms with van der Waals surface area (Å²) in [6, 6.07) is 1.62. The summed E-state index contributed by atoms with van der Waals surface area (Å²) in [5.74, 6) is -0.514. The summed E-state index contributed by atoms with van der Waals surface area (Å²) in [7, 11) is 0. The third kappa shape index (κ3) is 2.98. The van der Waals surface area contributed by atoms with Gasteiger partial charge in [-0.25, -0.2) is 13.6 Å². The maximum absolute atomic E-state index is 13.8. The van der Waals surface area contributed by atoms with Crippen molar-refractivity contribution in [1.29, 1.82) is 0 Å². The molecule has 0 spiro atoms. The Morgan fingerprint density at radius 3 is 2.79 bits per heavy atom. The minimum atomic E-state index is -0.627. The summed E-state index contributed by atoms with van der Waals surface area (Å²) in [5.41, 5.74) is 2.57. The van der Waals surface area contributed by atoms with Crippen molar-refractivity contribution in [3.63, 3.8) is 0 Å². The van der Waals surface area contributed by atoms with Gasteiger partial charge in [0.2, 0.25) is 0 Å². The van der Waals surface area contributed by atoms with E-state index in [1.165, 1.54) is 6.07 Å². The smallest absolute Gasteiger partial charge is 0.318 e. The van der Waals surface area contributed by atoms with Crippen LogP contribution in [0.25, 0.3) is 0 Å². The standard InChI is InChI=1S/C17H19F2N3O2/c1-9(16-10(2)21-24-11(16)3)20-17(23)22-5-4-14-12(8-22)6-13(18)7-15(14)19/h6-7,9H,4-5,8H2,1-3H3,(H,20,23)/t9-/m1/s1. The SMILES string of the molecule is Cc1noc(C)c1[C@@H](C)NC(=O)N1CCc2c(F)cc(F)cc2C1. The zero-order valence-electron chi connectivity index (χ0n) is 13.8. The molecule has 1 atom stereocenters. The van der Waals surface area contributed by atoms with Gasteiger partial charge in [0, 0.05) is 24.7 Å². The first-order valence-corrected chi connectivity index (χ1v) is 7.81. The Morgan fingerprint density at radius 2 is 2.12 bits per heavy atom. The Morgan fingerprint density at radius 1 is 1.38 bits per heavy atom. The number of aryl methyl sites for hydroxylation is 2. The van der Waals surface area contributed by atoms with Crippen LogP contribution in [0.2, 0.25) is 0 Å². The number of halogens is 2. The number of nitrogens with one attached hydrogen (secondary N) is 1. The summed E-state index contributed by atoms with van der Waals surface area (Å²) in [4.78, 5) is 14.0. The summed E-state index contributed by atoms with van der Waals surface area (Å²) >= 11 is 0. The fraction of sp³-hybridized carbons (Fsp3) is 0.412. The van der Waals surface area contributed by atoms with E-state index in [1.54, 1.807) is 11.8 Å². The number of aromatic nitrogens is 1. The number of benzene rings is 1. The molecule has 24 heavy (non-hydrogen) atoms. The molecular weight excluding hydrogens is 316 g/mol. The molecule has 0 fully saturated rings. The van der Waals surface area contributed by atoms with Crippen LogP contribution in [0.15, 0.2) is 16.7 Å². The molecule has 2 heterocycles. The summed E-state index contributed by atoms with van der Waals surface area (Å²) in [6.45, 7) is 6.03. The van der Waals surface area contributed by atoms with Crippen molar-refractivity contribution in [3.8, 4) is 0 Å². The summed E-state index contributed by atoms with van der Waals surface area (Å²) in [5, 5.41) is 6.78. The highest BCUT2D eigenvalue weighted by atomic mass is 19.1. The van der Waals surface area contributed by atoms with Crippen LogP contribution in [0.5, 0.6) is 0 Å². The lowest BCUT2D eigenvalue weighted by atomic mass is 9.99. The Bertz CT molecular complexity index is 769. The van der Waals surface area contributed by atoms with Gasteiger partial charge in [0.1, 0.15) is 17.4 Å². The van der Waals surface area contributed by atoms with Gasteiger partial charge in [-0.1, -0.05) is 5.16 Å². The average molecular weight is 335 g/mol. The van der Waals surface area contributed by atoms with E-state index in [1.807, 2.05) is 13.8 Å². The van der Waals surface area contributed by atoms with Gasteiger partial charge in [-0.3, -0.25) is 0 Å². The Hall–Kier alpha value is -2.44. The van der Waals surface area contributed by atoms with E-state index in [2.05, 4.69) is 10.5 Å². The Labute approximate surface area is 138 Å². The van der Waals surface area contributed by atoms with E-state index < -0.39 is 11.6 Å². The van der Waals surface area contributed by atoms with Crippen molar-refractivity contribution in [1.82, 2.24) is 15.4 Å². The molecule has 3 rings (SSSR count). The predicted octanol–water partition coefficient (Wildman–Crippen LogP) is 3.40. The summed E-state index contributed by atoms with van der Waals surface area (Å²) in [6.07, 6.45) is 0.370. The van der Waals surface area contributed by atoms with Crippen molar-refractivity contribution in [2.75, 3.05) is 6.54 Å². The molecule has 0 aliphatic carbocycles. The van der Waals surface area contributed by atoms with Crippen molar-refractivity contribution in [3.05, 3.63) is 51.9 Å². The molecule has 5 nitrogen and oxygen atoms in total. The monoisotopic (exact) mass is 335 g/mol. The van der Waals surface area contributed by atoms with E-state index in [0.29, 0.717) is 29.9 Å². The Balaban J connectivity index is 1.72. The van der Waals surface area contributed by atoms with Crippen molar-refractivity contribution >= 4 is 6.03 Å². The highest BCUT2D eigenvalue weighted by molar-refractivity contribution is 5.75. The molecule has 1 aromatic heterocycles. The molecule has 1 aliphatic heterocycles. The third-order valence-corrected chi connectivity index (χ3v) is 4.39. The van der Waals surface area contributed by atoms with Crippen LogP contribution in [0.4, 0.5) is 13.6 Å². The minimum Gasteiger partial charge on any atom is -0.361 e. The molecule has 1 aromatic carbocycles. The number of amides is 2. The molecule has 0 saturated heterocycles. The zero-order valence-corrected chi connectivity index (χ0v) is 13.8. The lowest BCUT2D eigenvalue weighted by Crippen LogP contribution is -2.43. The first-order valence-electron chi connectivity index (χ1n) is 7.81. The lowest BCUT2D eigenvalue weighted by molar-refractivity contribution is 0.188.